The minimum Gasteiger partial charge on any atom is -0.352 e. The molecule has 0 saturated heterocycles. The zero-order valence-corrected chi connectivity index (χ0v) is 13.4. The average Bonchev–Trinajstić information content (AvgIpc) is 3.02. The number of hydrogen-bond acceptors (Lipinski definition) is 6. The molecule has 2 aromatic heterocycles. The molecule has 1 aromatic carbocycles. The molecule has 122 valence electrons. The van der Waals surface area contributed by atoms with Gasteiger partial charge in [0.25, 0.3) is 11.5 Å². The van der Waals surface area contributed by atoms with Gasteiger partial charge in [0, 0.05) is 36.5 Å². The molecule has 0 atom stereocenters. The zero-order chi connectivity index (χ0) is 16.8. The second-order valence-electron chi connectivity index (χ2n) is 6.00. The van der Waals surface area contributed by atoms with Gasteiger partial charge in [-0.25, -0.2) is 4.98 Å². The summed E-state index contributed by atoms with van der Waals surface area (Å²) < 4.78 is 1.74. The quantitative estimate of drug-likeness (QED) is 0.530. The molecule has 1 aliphatic rings. The van der Waals surface area contributed by atoms with Gasteiger partial charge in [0.1, 0.15) is 12.1 Å². The van der Waals surface area contributed by atoms with E-state index in [4.69, 9.17) is 0 Å². The van der Waals surface area contributed by atoms with Crippen LogP contribution in [0.1, 0.15) is 22.4 Å². The first kappa shape index (κ1) is 14.6. The molecule has 8 nitrogen and oxygen atoms in total. The van der Waals surface area contributed by atoms with E-state index in [-0.39, 0.29) is 10.6 Å². The van der Waals surface area contributed by atoms with E-state index >= 15 is 0 Å². The second kappa shape index (κ2) is 5.26. The summed E-state index contributed by atoms with van der Waals surface area (Å²) in [6, 6.07) is 5.11. The lowest BCUT2D eigenvalue weighted by atomic mass is 9.98. The Bertz CT molecular complexity index is 965. The molecule has 3 aromatic rings. The summed E-state index contributed by atoms with van der Waals surface area (Å²) in [5.41, 5.74) is 4.23. The maximum atomic E-state index is 11.0. The van der Waals surface area contributed by atoms with Gasteiger partial charge in [-0.15, -0.1) is 0 Å². The van der Waals surface area contributed by atoms with Crippen molar-refractivity contribution in [1.29, 1.82) is 0 Å². The molecule has 0 spiro atoms. The summed E-state index contributed by atoms with van der Waals surface area (Å²) >= 11 is 0. The molecule has 24 heavy (non-hydrogen) atoms. The van der Waals surface area contributed by atoms with Gasteiger partial charge in [-0.1, -0.05) is 6.07 Å². The number of nitro groups is 1. The van der Waals surface area contributed by atoms with Crippen LogP contribution in [0.2, 0.25) is 0 Å². The number of hydrogen-bond donors (Lipinski definition) is 0. The highest BCUT2D eigenvalue weighted by atomic mass is 16.6. The minimum atomic E-state index is -0.351. The third-order valence-corrected chi connectivity index (χ3v) is 4.59. The predicted molar refractivity (Wildman–Crippen MR) is 88.1 cm³/mol. The molecular weight excluding hydrogens is 308 g/mol. The van der Waals surface area contributed by atoms with Gasteiger partial charge >= 0.3 is 0 Å². The van der Waals surface area contributed by atoms with Crippen molar-refractivity contribution >= 4 is 17.3 Å². The maximum absolute atomic E-state index is 11.0. The van der Waals surface area contributed by atoms with Gasteiger partial charge in [-0.05, 0) is 31.4 Å². The molecule has 0 saturated carbocycles. The van der Waals surface area contributed by atoms with Crippen LogP contribution < -0.4 is 4.90 Å². The molecule has 8 heteroatoms. The fraction of sp³-hybridized carbons (Fsp3) is 0.312. The number of non-ortho nitro benzene ring substituents is 1. The van der Waals surface area contributed by atoms with E-state index in [9.17, 15) is 10.1 Å². The number of benzene rings is 1. The van der Waals surface area contributed by atoms with Crippen molar-refractivity contribution in [2.45, 2.75) is 26.8 Å². The smallest absolute Gasteiger partial charge is 0.269 e. The van der Waals surface area contributed by atoms with Gasteiger partial charge < -0.3 is 4.90 Å². The van der Waals surface area contributed by atoms with Crippen LogP contribution in [0.15, 0.2) is 24.5 Å². The highest BCUT2D eigenvalue weighted by Gasteiger charge is 2.23. The lowest BCUT2D eigenvalue weighted by Crippen LogP contribution is -2.33. The molecule has 0 N–H and O–H groups in total. The van der Waals surface area contributed by atoms with Crippen molar-refractivity contribution in [3.05, 3.63) is 57.0 Å². The Kier molecular flexibility index (Phi) is 3.19. The molecule has 3 heterocycles. The standard InChI is InChI=1S/C16H16N6O2/c1-10-11(2)19-16-17-9-18-21(16)15(10)20-6-5-12-3-4-14(22(23)24)7-13(12)8-20/h3-4,7,9H,5-6,8H2,1-2H3. The topological polar surface area (TPSA) is 89.5 Å². The largest absolute Gasteiger partial charge is 0.352 e. The summed E-state index contributed by atoms with van der Waals surface area (Å²) in [6.45, 7) is 5.40. The lowest BCUT2D eigenvalue weighted by Gasteiger charge is -2.31. The van der Waals surface area contributed by atoms with Crippen molar-refractivity contribution in [3.8, 4) is 0 Å². The van der Waals surface area contributed by atoms with Crippen molar-refractivity contribution in [2.75, 3.05) is 11.4 Å². The third-order valence-electron chi connectivity index (χ3n) is 4.59. The third kappa shape index (κ3) is 2.18. The fourth-order valence-electron chi connectivity index (χ4n) is 3.22. The van der Waals surface area contributed by atoms with E-state index in [1.54, 1.807) is 16.6 Å². The normalized spacial score (nSPS) is 14.0. The first-order chi connectivity index (χ1) is 11.5. The Morgan fingerprint density at radius 1 is 1.25 bits per heavy atom. The van der Waals surface area contributed by atoms with E-state index in [0.717, 1.165) is 41.2 Å². The van der Waals surface area contributed by atoms with Crippen LogP contribution in [-0.2, 0) is 13.0 Å². The Hall–Kier alpha value is -3.03. The molecule has 0 fully saturated rings. The Balaban J connectivity index is 1.80. The Morgan fingerprint density at radius 3 is 2.88 bits per heavy atom. The first-order valence-corrected chi connectivity index (χ1v) is 7.72. The number of anilines is 1. The molecule has 1 aliphatic heterocycles. The number of fused-ring (bicyclic) bond motifs is 2. The van der Waals surface area contributed by atoms with Gasteiger partial charge in [0.15, 0.2) is 0 Å². The zero-order valence-electron chi connectivity index (χ0n) is 13.4. The average molecular weight is 324 g/mol. The first-order valence-electron chi connectivity index (χ1n) is 7.72. The van der Waals surface area contributed by atoms with Gasteiger partial charge in [-0.3, -0.25) is 10.1 Å². The van der Waals surface area contributed by atoms with Gasteiger partial charge in [0.05, 0.1) is 4.92 Å². The van der Waals surface area contributed by atoms with Crippen LogP contribution in [0.25, 0.3) is 5.78 Å². The van der Waals surface area contributed by atoms with E-state index in [2.05, 4.69) is 20.0 Å². The molecular formula is C16H16N6O2. The molecule has 0 radical (unpaired) electrons. The summed E-state index contributed by atoms with van der Waals surface area (Å²) in [4.78, 5) is 21.5. The fourth-order valence-corrected chi connectivity index (χ4v) is 3.22. The number of aromatic nitrogens is 4. The Morgan fingerprint density at radius 2 is 2.08 bits per heavy atom. The monoisotopic (exact) mass is 324 g/mol. The maximum Gasteiger partial charge on any atom is 0.269 e. The van der Waals surface area contributed by atoms with Crippen molar-refractivity contribution in [2.24, 2.45) is 0 Å². The molecule has 0 unspecified atom stereocenters. The van der Waals surface area contributed by atoms with Crippen LogP contribution >= 0.6 is 0 Å². The van der Waals surface area contributed by atoms with Gasteiger partial charge in [0.2, 0.25) is 0 Å². The Labute approximate surface area is 137 Å². The highest BCUT2D eigenvalue weighted by molar-refractivity contribution is 5.56. The van der Waals surface area contributed by atoms with E-state index in [1.807, 2.05) is 19.9 Å². The van der Waals surface area contributed by atoms with Crippen LogP contribution in [0.3, 0.4) is 0 Å². The molecule has 0 amide bonds. The lowest BCUT2D eigenvalue weighted by molar-refractivity contribution is -0.384. The van der Waals surface area contributed by atoms with Gasteiger partial charge in [-0.2, -0.15) is 14.6 Å². The second-order valence-corrected chi connectivity index (χ2v) is 6.00. The molecule has 4 rings (SSSR count). The van der Waals surface area contributed by atoms with Crippen molar-refractivity contribution < 1.29 is 4.92 Å². The molecule has 0 bridgehead atoms. The number of rotatable bonds is 2. The van der Waals surface area contributed by atoms with Crippen LogP contribution in [0, 0.1) is 24.0 Å². The van der Waals surface area contributed by atoms with E-state index in [0.29, 0.717) is 12.3 Å². The van der Waals surface area contributed by atoms with E-state index in [1.165, 1.54) is 6.33 Å². The van der Waals surface area contributed by atoms with Crippen LogP contribution in [0.4, 0.5) is 11.5 Å². The van der Waals surface area contributed by atoms with E-state index < -0.39 is 0 Å². The number of nitro benzene ring substituents is 1. The summed E-state index contributed by atoms with van der Waals surface area (Å²) in [5, 5.41) is 15.3. The number of nitrogens with zero attached hydrogens (tertiary/aromatic N) is 6. The number of aryl methyl sites for hydroxylation is 1. The highest BCUT2D eigenvalue weighted by Crippen LogP contribution is 2.29. The predicted octanol–water partition coefficient (Wildman–Crippen LogP) is 2.21. The SMILES string of the molecule is Cc1nc2ncnn2c(N2CCc3ccc([N+](=O)[O-])cc3C2)c1C. The minimum absolute atomic E-state index is 0.129. The summed E-state index contributed by atoms with van der Waals surface area (Å²) in [6.07, 6.45) is 2.33. The van der Waals surface area contributed by atoms with Crippen LogP contribution in [0.5, 0.6) is 0 Å². The van der Waals surface area contributed by atoms with Crippen molar-refractivity contribution in [3.63, 3.8) is 0 Å². The summed E-state index contributed by atoms with van der Waals surface area (Å²) in [5.74, 6) is 1.52. The molecule has 0 aliphatic carbocycles. The summed E-state index contributed by atoms with van der Waals surface area (Å²) in [7, 11) is 0. The van der Waals surface area contributed by atoms with Crippen LogP contribution in [-0.4, -0.2) is 31.1 Å². The van der Waals surface area contributed by atoms with Crippen molar-refractivity contribution in [1.82, 2.24) is 19.6 Å².